The van der Waals surface area contributed by atoms with Gasteiger partial charge in [-0.3, -0.25) is 4.79 Å². The van der Waals surface area contributed by atoms with E-state index in [-0.39, 0.29) is 17.1 Å². The molecule has 2 saturated heterocycles. The highest BCUT2D eigenvalue weighted by Crippen LogP contribution is 2.44. The molecule has 2 fully saturated rings. The highest BCUT2D eigenvalue weighted by atomic mass is 32.2. The zero-order chi connectivity index (χ0) is 47.7. The molecule has 2 aromatic heterocycles. The van der Waals surface area contributed by atoms with E-state index in [0.717, 1.165) is 122 Å². The number of hydrogen-bond acceptors (Lipinski definition) is 13. The van der Waals surface area contributed by atoms with E-state index in [0.29, 0.717) is 44.2 Å². The number of sulfonamides is 1. The first-order valence-electron chi connectivity index (χ1n) is 23.9. The first-order chi connectivity index (χ1) is 33.5. The van der Waals surface area contributed by atoms with Crippen LogP contribution in [0.15, 0.2) is 109 Å². The van der Waals surface area contributed by atoms with Gasteiger partial charge < -0.3 is 25.4 Å². The summed E-state index contributed by atoms with van der Waals surface area (Å²) in [6, 6.07) is 33.2. The lowest BCUT2D eigenvalue weighted by Crippen LogP contribution is -2.46. The molecule has 0 radical (unpaired) electrons. The molecule has 6 heterocycles. The highest BCUT2D eigenvalue weighted by Gasteiger charge is 2.38. The average Bonchev–Trinajstić information content (AvgIpc) is 4.04. The van der Waals surface area contributed by atoms with Crippen LogP contribution in [0.5, 0.6) is 11.5 Å². The zero-order valence-corrected chi connectivity index (χ0v) is 40.0. The topological polar surface area (TPSA) is 205 Å². The lowest BCUT2D eigenvalue weighted by Gasteiger charge is -2.40. The standard InChI is InChI=1S/C26H30N6O2.C25H30N6O3S/c1-19(33)28-14-4-5-17-32-30-25(29-31-32)21-10-8-20(9-11-21)23-18-26(12-15-27-16-13-26)34-24-7-3-2-6-22(23)24;1-35(32,33)27-14-4-5-17-31-29-24(28-30-31)20-10-8-19(9-11-20)22-18-25(12-15-26-16-13-25)34-23-7-3-2-6-21(22)23/h2-3,6-11,18,27H,4-5,12-17H2,1H3,(H,28,33);2-3,6-11,18,26-27H,4-5,12-17H2,1H3. The fraction of sp³-hybridized carbons (Fsp3) is 0.392. The van der Waals surface area contributed by atoms with Crippen molar-refractivity contribution >= 4 is 27.1 Å². The number of ether oxygens (including phenoxy) is 2. The highest BCUT2D eigenvalue weighted by molar-refractivity contribution is 7.88. The molecular weight excluding hydrogens is 893 g/mol. The molecule has 4 aliphatic heterocycles. The second-order valence-electron chi connectivity index (χ2n) is 18.1. The molecule has 0 bridgehead atoms. The quantitative estimate of drug-likeness (QED) is 0.0898. The van der Waals surface area contributed by atoms with Crippen LogP contribution in [-0.2, 0) is 27.9 Å². The van der Waals surface area contributed by atoms with Crippen molar-refractivity contribution < 1.29 is 22.7 Å². The number of carbonyl (C=O) groups is 1. The van der Waals surface area contributed by atoms with Crippen molar-refractivity contribution in [3.05, 3.63) is 131 Å². The van der Waals surface area contributed by atoms with Crippen LogP contribution in [0.4, 0.5) is 0 Å². The monoisotopic (exact) mass is 952 g/mol. The van der Waals surface area contributed by atoms with Gasteiger partial charge in [0.15, 0.2) is 0 Å². The fourth-order valence-electron chi connectivity index (χ4n) is 9.19. The molecule has 4 aromatic carbocycles. The number of aryl methyl sites for hydroxylation is 2. The summed E-state index contributed by atoms with van der Waals surface area (Å²) in [4.78, 5) is 14.1. The SMILES string of the molecule is CC(=O)NCCCCn1nnc(-c2ccc(C3=CC4(CCNCC4)Oc4ccccc43)cc2)n1.CS(=O)(=O)NCCCCn1nnc(-c2ccc(C3=CC4(CCNCC4)Oc4ccccc43)cc2)n1. The minimum absolute atomic E-state index is 0.00413. The van der Waals surface area contributed by atoms with E-state index in [1.54, 1.807) is 9.59 Å². The van der Waals surface area contributed by atoms with Crippen LogP contribution in [0.3, 0.4) is 0 Å². The second kappa shape index (κ2) is 21.4. The molecule has 2 spiro atoms. The largest absolute Gasteiger partial charge is 0.482 e. The van der Waals surface area contributed by atoms with Gasteiger partial charge in [0.25, 0.3) is 0 Å². The second-order valence-corrected chi connectivity index (χ2v) is 19.9. The van der Waals surface area contributed by atoms with Crippen LogP contribution in [-0.4, -0.2) is 111 Å². The lowest BCUT2D eigenvalue weighted by atomic mass is 9.83. The first kappa shape index (κ1) is 47.5. The molecule has 17 nitrogen and oxygen atoms in total. The van der Waals surface area contributed by atoms with Crippen molar-refractivity contribution in [2.75, 3.05) is 45.5 Å². The minimum Gasteiger partial charge on any atom is -0.482 e. The van der Waals surface area contributed by atoms with Crippen LogP contribution in [0.25, 0.3) is 33.9 Å². The number of nitrogens with zero attached hydrogens (tertiary/aromatic N) is 8. The van der Waals surface area contributed by atoms with Gasteiger partial charge in [-0.1, -0.05) is 84.9 Å². The molecule has 0 saturated carbocycles. The molecule has 0 unspecified atom stereocenters. The van der Waals surface area contributed by atoms with Crippen molar-refractivity contribution in [2.45, 2.75) is 82.6 Å². The number of benzene rings is 4. The summed E-state index contributed by atoms with van der Waals surface area (Å²) >= 11 is 0. The number of para-hydroxylation sites is 2. The van der Waals surface area contributed by atoms with Crippen molar-refractivity contribution in [1.82, 2.24) is 61.1 Å². The van der Waals surface area contributed by atoms with Crippen LogP contribution in [0.1, 0.15) is 80.5 Å². The maximum absolute atomic E-state index is 11.1. The summed E-state index contributed by atoms with van der Waals surface area (Å²) in [7, 11) is -3.15. The van der Waals surface area contributed by atoms with Gasteiger partial charge in [0.05, 0.1) is 19.3 Å². The van der Waals surface area contributed by atoms with E-state index < -0.39 is 10.0 Å². The number of aromatic nitrogens is 8. The van der Waals surface area contributed by atoms with Crippen molar-refractivity contribution in [3.8, 4) is 34.3 Å². The third-order valence-corrected chi connectivity index (χ3v) is 13.5. The lowest BCUT2D eigenvalue weighted by molar-refractivity contribution is -0.118. The Labute approximate surface area is 403 Å². The maximum Gasteiger partial charge on any atom is 0.216 e. The number of hydrogen-bond donors (Lipinski definition) is 4. The Morgan fingerprint density at radius 3 is 1.46 bits per heavy atom. The minimum atomic E-state index is -3.15. The molecule has 18 heteroatoms. The number of carbonyl (C=O) groups excluding carboxylic acids is 1. The Bertz CT molecular complexity index is 2880. The van der Waals surface area contributed by atoms with Crippen molar-refractivity contribution in [3.63, 3.8) is 0 Å². The molecule has 10 rings (SSSR count). The van der Waals surface area contributed by atoms with Crippen LogP contribution in [0, 0.1) is 0 Å². The van der Waals surface area contributed by atoms with Crippen LogP contribution >= 0.6 is 0 Å². The Morgan fingerprint density at radius 1 is 0.609 bits per heavy atom. The van der Waals surface area contributed by atoms with Crippen LogP contribution in [0.2, 0.25) is 0 Å². The van der Waals surface area contributed by atoms with Gasteiger partial charge in [-0.2, -0.15) is 9.59 Å². The average molecular weight is 953 g/mol. The van der Waals surface area contributed by atoms with E-state index in [4.69, 9.17) is 9.47 Å². The number of piperidine rings is 2. The van der Waals surface area contributed by atoms with E-state index in [1.165, 1.54) is 18.1 Å². The van der Waals surface area contributed by atoms with Gasteiger partial charge in [0, 0.05) is 68.0 Å². The summed E-state index contributed by atoms with van der Waals surface area (Å²) in [5, 5.41) is 35.4. The summed E-state index contributed by atoms with van der Waals surface area (Å²) in [5.74, 6) is 3.07. The van der Waals surface area contributed by atoms with Gasteiger partial charge in [0.1, 0.15) is 22.7 Å². The molecular formula is C51H60N12O5S. The third-order valence-electron chi connectivity index (χ3n) is 12.8. The van der Waals surface area contributed by atoms with Gasteiger partial charge in [-0.05, 0) is 109 Å². The van der Waals surface area contributed by atoms with Crippen molar-refractivity contribution in [1.29, 1.82) is 0 Å². The first-order valence-corrected chi connectivity index (χ1v) is 25.8. The van der Waals surface area contributed by atoms with Crippen LogP contribution < -0.4 is 30.1 Å². The molecule has 360 valence electrons. The van der Waals surface area contributed by atoms with Gasteiger partial charge in [-0.15, -0.1) is 20.4 Å². The molecule has 4 aliphatic rings. The molecule has 1 amide bonds. The molecule has 4 N–H and O–H groups in total. The van der Waals surface area contributed by atoms with Crippen molar-refractivity contribution in [2.24, 2.45) is 0 Å². The summed E-state index contributed by atoms with van der Waals surface area (Å²) in [5.41, 5.74) is 8.25. The predicted molar refractivity (Wildman–Crippen MR) is 264 cm³/mol. The van der Waals surface area contributed by atoms with E-state index in [9.17, 15) is 13.2 Å². The summed E-state index contributed by atoms with van der Waals surface area (Å²) < 4.78 is 37.7. The normalized spacial score (nSPS) is 16.7. The number of nitrogens with one attached hydrogen (secondary N) is 4. The Balaban J connectivity index is 0.000000172. The zero-order valence-electron chi connectivity index (χ0n) is 39.2. The number of unbranched alkanes of at least 4 members (excludes halogenated alkanes) is 2. The number of fused-ring (bicyclic) bond motifs is 2. The van der Waals surface area contributed by atoms with E-state index >= 15 is 0 Å². The van der Waals surface area contributed by atoms with E-state index in [1.807, 2.05) is 30.3 Å². The van der Waals surface area contributed by atoms with E-state index in [2.05, 4.69) is 130 Å². The van der Waals surface area contributed by atoms with Gasteiger partial charge in [0.2, 0.25) is 27.6 Å². The Hall–Kier alpha value is -6.60. The van der Waals surface area contributed by atoms with Gasteiger partial charge >= 0.3 is 0 Å². The molecule has 6 aromatic rings. The smallest absolute Gasteiger partial charge is 0.216 e. The Morgan fingerprint density at radius 2 is 1.03 bits per heavy atom. The third kappa shape index (κ3) is 12.0. The predicted octanol–water partition coefficient (Wildman–Crippen LogP) is 5.82. The van der Waals surface area contributed by atoms with Gasteiger partial charge in [-0.25, -0.2) is 13.1 Å². The fourth-order valence-corrected chi connectivity index (χ4v) is 9.70. The summed E-state index contributed by atoms with van der Waals surface area (Å²) in [6.45, 7) is 7.66. The number of tetrazole rings is 2. The summed E-state index contributed by atoms with van der Waals surface area (Å²) in [6.07, 6.45) is 12.8. The molecule has 0 aliphatic carbocycles. The molecule has 69 heavy (non-hydrogen) atoms. The Kier molecular flexibility index (Phi) is 14.7. The number of amides is 1. The maximum atomic E-state index is 11.1. The molecule has 0 atom stereocenters. The number of rotatable bonds is 15.